The Kier molecular flexibility index (Phi) is 4.76. The van der Waals surface area contributed by atoms with Gasteiger partial charge in [-0.3, -0.25) is 9.59 Å². The van der Waals surface area contributed by atoms with Crippen molar-refractivity contribution in [3.63, 3.8) is 0 Å². The van der Waals surface area contributed by atoms with Gasteiger partial charge in [0.15, 0.2) is 11.6 Å². The molecular weight excluding hydrogens is 426 g/mol. The molecular formula is C24H19N3O4S. The number of hydrogen-bond acceptors (Lipinski definition) is 5. The minimum Gasteiger partial charge on any atom is -0.317 e. The van der Waals surface area contributed by atoms with E-state index in [2.05, 4.69) is 9.71 Å². The van der Waals surface area contributed by atoms with Gasteiger partial charge in [0.1, 0.15) is 12.1 Å². The summed E-state index contributed by atoms with van der Waals surface area (Å²) in [6.07, 6.45) is 1.47. The topological polar surface area (TPSA) is 98.1 Å². The number of imidazole rings is 1. The highest BCUT2D eigenvalue weighted by molar-refractivity contribution is 7.89. The maximum absolute atomic E-state index is 13.5. The molecule has 1 heterocycles. The Bertz CT molecular complexity index is 1470. The number of aromatic nitrogens is 2. The van der Waals surface area contributed by atoms with Crippen LogP contribution in [0.1, 0.15) is 32.3 Å². The smallest absolute Gasteiger partial charge is 0.241 e. The molecule has 32 heavy (non-hydrogen) atoms. The Labute approximate surface area is 184 Å². The lowest BCUT2D eigenvalue weighted by Gasteiger charge is -2.32. The summed E-state index contributed by atoms with van der Waals surface area (Å²) in [4.78, 5) is 31.4. The van der Waals surface area contributed by atoms with Crippen molar-refractivity contribution in [1.29, 1.82) is 0 Å². The van der Waals surface area contributed by atoms with Crippen LogP contribution in [0.5, 0.6) is 0 Å². The number of aryl methyl sites for hydroxylation is 1. The molecule has 2 unspecified atom stereocenters. The van der Waals surface area contributed by atoms with Gasteiger partial charge in [0.25, 0.3) is 0 Å². The van der Waals surface area contributed by atoms with Crippen LogP contribution in [-0.2, 0) is 10.0 Å². The molecule has 0 aliphatic heterocycles. The molecule has 1 N–H and O–H groups in total. The molecule has 0 radical (unpaired) electrons. The summed E-state index contributed by atoms with van der Waals surface area (Å²) in [6.45, 7) is 1.85. The van der Waals surface area contributed by atoms with Gasteiger partial charge in [-0.15, -0.1) is 0 Å². The molecule has 0 saturated carbocycles. The Morgan fingerprint density at radius 1 is 0.844 bits per heavy atom. The molecule has 0 amide bonds. The third-order valence-corrected chi connectivity index (χ3v) is 7.18. The molecule has 0 fully saturated rings. The normalized spacial score (nSPS) is 18.7. The van der Waals surface area contributed by atoms with Crippen LogP contribution in [0.4, 0.5) is 0 Å². The number of carbonyl (C=O) groups is 2. The summed E-state index contributed by atoms with van der Waals surface area (Å²) in [7, 11) is -4.07. The number of Topliss-reactive ketones (excluding diaryl/α,β-unsaturated/α-hetero) is 2. The lowest BCUT2D eigenvalue weighted by atomic mass is 9.82. The monoisotopic (exact) mass is 445 g/mol. The van der Waals surface area contributed by atoms with Gasteiger partial charge in [-0.1, -0.05) is 54.1 Å². The number of ketones is 2. The standard InChI is InChI=1S/C24H19N3O4S/c1-15-10-12-16(13-11-15)32(30,31)26-21-22(27-14-25-19-8-4-5-9-20(19)27)24(29)18-7-3-2-6-17(18)23(21)28/h2-14,21-22,26H,1H3. The van der Waals surface area contributed by atoms with Crippen molar-refractivity contribution < 1.29 is 18.0 Å². The highest BCUT2D eigenvalue weighted by atomic mass is 32.2. The summed E-state index contributed by atoms with van der Waals surface area (Å²) in [6, 6.07) is 17.6. The molecule has 7 nitrogen and oxygen atoms in total. The van der Waals surface area contributed by atoms with Crippen LogP contribution in [0.3, 0.4) is 0 Å². The van der Waals surface area contributed by atoms with Crippen LogP contribution >= 0.6 is 0 Å². The fourth-order valence-corrected chi connectivity index (χ4v) is 5.29. The lowest BCUT2D eigenvalue weighted by Crippen LogP contribution is -2.52. The molecule has 3 aromatic carbocycles. The number of rotatable bonds is 4. The number of sulfonamides is 1. The molecule has 5 rings (SSSR count). The minimum absolute atomic E-state index is 0.0245. The number of nitrogens with one attached hydrogen (secondary N) is 1. The number of fused-ring (bicyclic) bond motifs is 2. The summed E-state index contributed by atoms with van der Waals surface area (Å²) < 4.78 is 30.4. The van der Waals surface area contributed by atoms with E-state index in [9.17, 15) is 18.0 Å². The van der Waals surface area contributed by atoms with Gasteiger partial charge in [0.05, 0.1) is 22.3 Å². The van der Waals surface area contributed by atoms with Gasteiger partial charge < -0.3 is 4.57 Å². The van der Waals surface area contributed by atoms with E-state index in [1.165, 1.54) is 18.5 Å². The first kappa shape index (κ1) is 20.3. The SMILES string of the molecule is Cc1ccc(S(=O)(=O)NC2C(=O)c3ccccc3C(=O)C2n2cnc3ccccc32)cc1. The first-order chi connectivity index (χ1) is 15.4. The molecule has 160 valence electrons. The zero-order chi connectivity index (χ0) is 22.5. The van der Waals surface area contributed by atoms with Crippen molar-refractivity contribution in [2.75, 3.05) is 0 Å². The van der Waals surface area contributed by atoms with Gasteiger partial charge in [0.2, 0.25) is 10.0 Å². The van der Waals surface area contributed by atoms with E-state index in [1.54, 1.807) is 59.2 Å². The second-order valence-electron chi connectivity index (χ2n) is 7.77. The predicted octanol–water partition coefficient (Wildman–Crippen LogP) is 3.31. The zero-order valence-corrected chi connectivity index (χ0v) is 17.9. The summed E-state index contributed by atoms with van der Waals surface area (Å²) in [5.41, 5.74) is 2.66. The average Bonchev–Trinajstić information content (AvgIpc) is 3.21. The molecule has 4 aromatic rings. The lowest BCUT2D eigenvalue weighted by molar-refractivity contribution is 0.0794. The molecule has 1 aliphatic carbocycles. The minimum atomic E-state index is -4.07. The number of benzene rings is 3. The maximum atomic E-state index is 13.5. The van der Waals surface area contributed by atoms with Crippen molar-refractivity contribution in [2.24, 2.45) is 0 Å². The highest BCUT2D eigenvalue weighted by Crippen LogP contribution is 2.32. The Morgan fingerprint density at radius 3 is 2.19 bits per heavy atom. The highest BCUT2D eigenvalue weighted by Gasteiger charge is 2.45. The van der Waals surface area contributed by atoms with Gasteiger partial charge in [0, 0.05) is 11.1 Å². The Morgan fingerprint density at radius 2 is 1.47 bits per heavy atom. The quantitative estimate of drug-likeness (QED) is 0.520. The number of hydrogen-bond donors (Lipinski definition) is 1. The average molecular weight is 446 g/mol. The van der Waals surface area contributed by atoms with E-state index >= 15 is 0 Å². The first-order valence-electron chi connectivity index (χ1n) is 10.0. The van der Waals surface area contributed by atoms with Gasteiger partial charge in [-0.25, -0.2) is 13.4 Å². The number of para-hydroxylation sites is 2. The molecule has 0 saturated heterocycles. The van der Waals surface area contributed by atoms with E-state index in [-0.39, 0.29) is 21.8 Å². The van der Waals surface area contributed by atoms with E-state index in [1.807, 2.05) is 13.0 Å². The predicted molar refractivity (Wildman–Crippen MR) is 119 cm³/mol. The number of carbonyl (C=O) groups excluding carboxylic acids is 2. The second-order valence-corrected chi connectivity index (χ2v) is 9.49. The molecule has 0 spiro atoms. The van der Waals surface area contributed by atoms with Crippen LogP contribution in [-0.4, -0.2) is 35.6 Å². The second kappa shape index (κ2) is 7.51. The van der Waals surface area contributed by atoms with Gasteiger partial charge in [-0.2, -0.15) is 4.72 Å². The van der Waals surface area contributed by atoms with E-state index in [4.69, 9.17) is 0 Å². The summed E-state index contributed by atoms with van der Waals surface area (Å²) in [5.74, 6) is -0.807. The molecule has 1 aliphatic rings. The van der Waals surface area contributed by atoms with Crippen LogP contribution < -0.4 is 4.72 Å². The fraction of sp³-hybridized carbons (Fsp3) is 0.125. The van der Waals surface area contributed by atoms with Gasteiger partial charge >= 0.3 is 0 Å². The van der Waals surface area contributed by atoms with Crippen LogP contribution in [0.25, 0.3) is 11.0 Å². The fourth-order valence-electron chi connectivity index (χ4n) is 4.09. The molecule has 1 aromatic heterocycles. The van der Waals surface area contributed by atoms with E-state index in [0.717, 1.165) is 5.56 Å². The molecule has 8 heteroatoms. The van der Waals surface area contributed by atoms with Crippen LogP contribution in [0.2, 0.25) is 0 Å². The van der Waals surface area contributed by atoms with Crippen molar-refractivity contribution >= 4 is 32.6 Å². The van der Waals surface area contributed by atoms with Crippen molar-refractivity contribution in [2.45, 2.75) is 23.9 Å². The van der Waals surface area contributed by atoms with Crippen molar-refractivity contribution in [1.82, 2.24) is 14.3 Å². The van der Waals surface area contributed by atoms with Crippen LogP contribution in [0.15, 0.2) is 84.0 Å². The molecule has 2 atom stereocenters. The summed E-state index contributed by atoms with van der Waals surface area (Å²) >= 11 is 0. The third-order valence-electron chi connectivity index (χ3n) is 5.72. The Hall–Kier alpha value is -3.62. The van der Waals surface area contributed by atoms with E-state index in [0.29, 0.717) is 11.0 Å². The first-order valence-corrected chi connectivity index (χ1v) is 11.5. The third kappa shape index (κ3) is 3.24. The Balaban J connectivity index is 1.66. The van der Waals surface area contributed by atoms with Crippen molar-refractivity contribution in [3.8, 4) is 0 Å². The largest absolute Gasteiger partial charge is 0.317 e. The maximum Gasteiger partial charge on any atom is 0.241 e. The van der Waals surface area contributed by atoms with Gasteiger partial charge in [-0.05, 0) is 31.2 Å². The molecule has 0 bridgehead atoms. The van der Waals surface area contributed by atoms with Crippen molar-refractivity contribution in [3.05, 3.63) is 95.8 Å². The van der Waals surface area contributed by atoms with E-state index < -0.39 is 27.9 Å². The van der Waals surface area contributed by atoms with Crippen LogP contribution in [0, 0.1) is 6.92 Å². The zero-order valence-electron chi connectivity index (χ0n) is 17.1. The summed E-state index contributed by atoms with van der Waals surface area (Å²) in [5, 5.41) is 0. The number of nitrogens with zero attached hydrogens (tertiary/aromatic N) is 2.